The summed E-state index contributed by atoms with van der Waals surface area (Å²) in [6.07, 6.45) is 3.73. The SMILES string of the molecule is CCOC(=O)C1=C(C)N=c2s/c(=C/c3c[nH]c4ccccc34)c(=O)n2[C@@H]1c1cc(OC)ccc1OC. The number of esters is 1. The van der Waals surface area contributed by atoms with Crippen molar-refractivity contribution in [3.05, 3.63) is 90.7 Å². The van der Waals surface area contributed by atoms with Gasteiger partial charge in [-0.2, -0.15) is 0 Å². The van der Waals surface area contributed by atoms with Crippen molar-refractivity contribution in [2.24, 2.45) is 4.99 Å². The van der Waals surface area contributed by atoms with Crippen LogP contribution < -0.4 is 24.4 Å². The van der Waals surface area contributed by atoms with Crippen LogP contribution in [0.3, 0.4) is 0 Å². The van der Waals surface area contributed by atoms with Crippen molar-refractivity contribution < 1.29 is 19.0 Å². The number of para-hydroxylation sites is 1. The Hall–Kier alpha value is -4.11. The Bertz CT molecular complexity index is 1690. The second-order valence-corrected chi connectivity index (χ2v) is 9.21. The number of H-pyrrole nitrogens is 1. The van der Waals surface area contributed by atoms with E-state index in [1.807, 2.05) is 36.5 Å². The van der Waals surface area contributed by atoms with Crippen molar-refractivity contribution in [2.75, 3.05) is 20.8 Å². The molecule has 184 valence electrons. The molecule has 1 atom stereocenters. The molecule has 36 heavy (non-hydrogen) atoms. The van der Waals surface area contributed by atoms with Gasteiger partial charge in [-0.25, -0.2) is 9.79 Å². The van der Waals surface area contributed by atoms with Gasteiger partial charge in [0.1, 0.15) is 17.5 Å². The first-order chi connectivity index (χ1) is 17.5. The van der Waals surface area contributed by atoms with Crippen LogP contribution in [0.15, 0.2) is 69.7 Å². The Labute approximate surface area is 210 Å². The van der Waals surface area contributed by atoms with Crippen LogP contribution in [-0.4, -0.2) is 36.3 Å². The minimum absolute atomic E-state index is 0.197. The third-order valence-corrected chi connectivity index (χ3v) is 7.14. The Morgan fingerprint density at radius 3 is 2.75 bits per heavy atom. The summed E-state index contributed by atoms with van der Waals surface area (Å²) in [5.41, 5.74) is 3.00. The number of nitrogens with zero attached hydrogens (tertiary/aromatic N) is 2. The lowest BCUT2D eigenvalue weighted by Crippen LogP contribution is -2.40. The molecule has 1 N–H and O–H groups in total. The predicted octanol–water partition coefficient (Wildman–Crippen LogP) is 3.30. The molecule has 3 heterocycles. The van der Waals surface area contributed by atoms with Crippen LogP contribution >= 0.6 is 11.3 Å². The largest absolute Gasteiger partial charge is 0.497 e. The maximum Gasteiger partial charge on any atom is 0.338 e. The summed E-state index contributed by atoms with van der Waals surface area (Å²) in [7, 11) is 3.11. The number of carbonyl (C=O) groups excluding carboxylic acids is 1. The van der Waals surface area contributed by atoms with Gasteiger partial charge in [0.15, 0.2) is 4.80 Å². The molecule has 5 rings (SSSR count). The van der Waals surface area contributed by atoms with Crippen LogP contribution in [-0.2, 0) is 9.53 Å². The molecule has 0 saturated heterocycles. The average molecular weight is 504 g/mol. The molecule has 8 nitrogen and oxygen atoms in total. The number of hydrogen-bond acceptors (Lipinski definition) is 7. The smallest absolute Gasteiger partial charge is 0.338 e. The van der Waals surface area contributed by atoms with Gasteiger partial charge in [0.25, 0.3) is 5.56 Å². The van der Waals surface area contributed by atoms with Crippen LogP contribution in [0.4, 0.5) is 0 Å². The summed E-state index contributed by atoms with van der Waals surface area (Å²) < 4.78 is 18.5. The van der Waals surface area contributed by atoms with E-state index in [9.17, 15) is 9.59 Å². The van der Waals surface area contributed by atoms with Gasteiger partial charge in [0, 0.05) is 28.2 Å². The maximum atomic E-state index is 13.9. The van der Waals surface area contributed by atoms with Crippen molar-refractivity contribution in [1.82, 2.24) is 9.55 Å². The minimum Gasteiger partial charge on any atom is -0.497 e. The van der Waals surface area contributed by atoms with Crippen LogP contribution in [0.25, 0.3) is 17.0 Å². The molecular weight excluding hydrogens is 478 g/mol. The zero-order valence-electron chi connectivity index (χ0n) is 20.3. The molecule has 4 aromatic rings. The topological polar surface area (TPSA) is 94.9 Å². The van der Waals surface area contributed by atoms with Crippen LogP contribution in [0.5, 0.6) is 11.5 Å². The highest BCUT2D eigenvalue weighted by Crippen LogP contribution is 2.37. The second-order valence-electron chi connectivity index (χ2n) is 8.20. The highest BCUT2D eigenvalue weighted by atomic mass is 32.1. The molecule has 0 radical (unpaired) electrons. The minimum atomic E-state index is -0.796. The standard InChI is InChI=1S/C27H25N3O5S/c1-5-35-26(32)23-15(2)29-27-30(24(23)19-13-17(33-3)10-11-21(19)34-4)25(31)22(36-27)12-16-14-28-20-9-7-6-8-18(16)20/h6-14,24,28H,5H2,1-4H3/b22-12+/t24-/m1/s1. The molecule has 9 heteroatoms. The van der Waals surface area contributed by atoms with Gasteiger partial charge in [0.2, 0.25) is 0 Å². The van der Waals surface area contributed by atoms with E-state index in [1.54, 1.807) is 50.8 Å². The molecule has 0 bridgehead atoms. The Morgan fingerprint density at radius 2 is 2.00 bits per heavy atom. The fourth-order valence-electron chi connectivity index (χ4n) is 4.49. The van der Waals surface area contributed by atoms with Gasteiger partial charge in [0.05, 0.1) is 36.6 Å². The summed E-state index contributed by atoms with van der Waals surface area (Å²) >= 11 is 1.28. The molecular formula is C27H25N3O5S. The van der Waals surface area contributed by atoms with E-state index in [-0.39, 0.29) is 17.7 Å². The molecule has 0 unspecified atom stereocenters. The Kier molecular flexibility index (Phi) is 6.24. The number of benzene rings is 2. The van der Waals surface area contributed by atoms with E-state index in [4.69, 9.17) is 14.2 Å². The number of carbonyl (C=O) groups is 1. The number of allylic oxidation sites excluding steroid dienone is 1. The third kappa shape index (κ3) is 3.91. The highest BCUT2D eigenvalue weighted by Gasteiger charge is 2.35. The molecule has 0 fully saturated rings. The van der Waals surface area contributed by atoms with Gasteiger partial charge >= 0.3 is 5.97 Å². The van der Waals surface area contributed by atoms with Crippen LogP contribution in [0, 0.1) is 0 Å². The van der Waals surface area contributed by atoms with E-state index < -0.39 is 12.0 Å². The average Bonchev–Trinajstić information content (AvgIpc) is 3.43. The number of ether oxygens (including phenoxy) is 3. The van der Waals surface area contributed by atoms with Crippen molar-refractivity contribution in [3.63, 3.8) is 0 Å². The zero-order valence-corrected chi connectivity index (χ0v) is 21.1. The molecule has 0 amide bonds. The highest BCUT2D eigenvalue weighted by molar-refractivity contribution is 7.07. The van der Waals surface area contributed by atoms with E-state index in [0.29, 0.717) is 32.1 Å². The number of aromatic nitrogens is 2. The van der Waals surface area contributed by atoms with Gasteiger partial charge in [-0.15, -0.1) is 0 Å². The van der Waals surface area contributed by atoms with E-state index >= 15 is 0 Å². The van der Waals surface area contributed by atoms with E-state index in [0.717, 1.165) is 16.5 Å². The number of thiazole rings is 1. The Morgan fingerprint density at radius 1 is 1.19 bits per heavy atom. The van der Waals surface area contributed by atoms with Crippen LogP contribution in [0.1, 0.15) is 31.0 Å². The number of fused-ring (bicyclic) bond motifs is 2. The van der Waals surface area contributed by atoms with Gasteiger partial charge in [-0.05, 0) is 44.2 Å². The lowest BCUT2D eigenvalue weighted by Gasteiger charge is -2.26. The molecule has 0 spiro atoms. The fourth-order valence-corrected chi connectivity index (χ4v) is 5.53. The van der Waals surface area contributed by atoms with E-state index in [2.05, 4.69) is 9.98 Å². The summed E-state index contributed by atoms with van der Waals surface area (Å²) in [5, 5.41) is 1.01. The lowest BCUT2D eigenvalue weighted by atomic mass is 9.94. The third-order valence-electron chi connectivity index (χ3n) is 6.16. The monoisotopic (exact) mass is 503 g/mol. The van der Waals surface area contributed by atoms with Gasteiger partial charge < -0.3 is 19.2 Å². The molecule has 2 aromatic carbocycles. The second kappa shape index (κ2) is 9.50. The fraction of sp³-hybridized carbons (Fsp3) is 0.222. The Balaban J connectivity index is 1.78. The first-order valence-corrected chi connectivity index (χ1v) is 12.3. The lowest BCUT2D eigenvalue weighted by molar-refractivity contribution is -0.139. The number of aromatic amines is 1. The first-order valence-electron chi connectivity index (χ1n) is 11.4. The summed E-state index contributed by atoms with van der Waals surface area (Å²) in [6.45, 7) is 3.69. The molecule has 0 aliphatic carbocycles. The zero-order chi connectivity index (χ0) is 25.4. The van der Waals surface area contributed by atoms with Crippen molar-refractivity contribution in [3.8, 4) is 11.5 Å². The van der Waals surface area contributed by atoms with Gasteiger partial charge in [-0.1, -0.05) is 29.5 Å². The van der Waals surface area contributed by atoms with E-state index in [1.165, 1.54) is 11.3 Å². The number of nitrogens with one attached hydrogen (secondary N) is 1. The molecule has 1 aliphatic heterocycles. The van der Waals surface area contributed by atoms with Crippen molar-refractivity contribution in [1.29, 1.82) is 0 Å². The normalized spacial score (nSPS) is 15.6. The summed E-state index contributed by atoms with van der Waals surface area (Å²) in [5.74, 6) is 0.563. The molecule has 0 saturated carbocycles. The van der Waals surface area contributed by atoms with Crippen LogP contribution in [0.2, 0.25) is 0 Å². The van der Waals surface area contributed by atoms with Crippen molar-refractivity contribution >= 4 is 34.3 Å². The van der Waals surface area contributed by atoms with Gasteiger partial charge in [-0.3, -0.25) is 9.36 Å². The summed E-state index contributed by atoms with van der Waals surface area (Å²) in [6, 6.07) is 12.4. The summed E-state index contributed by atoms with van der Waals surface area (Å²) in [4.78, 5) is 35.4. The molecule has 2 aromatic heterocycles. The number of rotatable bonds is 6. The maximum absolute atomic E-state index is 13.9. The van der Waals surface area contributed by atoms with Crippen molar-refractivity contribution in [2.45, 2.75) is 19.9 Å². The number of hydrogen-bond donors (Lipinski definition) is 1. The number of methoxy groups -OCH3 is 2. The first kappa shape index (κ1) is 23.6. The molecule has 1 aliphatic rings. The quantitative estimate of drug-likeness (QED) is 0.408. The predicted molar refractivity (Wildman–Crippen MR) is 138 cm³/mol.